The van der Waals surface area contributed by atoms with Crippen molar-refractivity contribution in [2.75, 3.05) is 45.8 Å². The summed E-state index contributed by atoms with van der Waals surface area (Å²) in [4.78, 5) is 14.2. The third-order valence-corrected chi connectivity index (χ3v) is 5.70. The van der Waals surface area contributed by atoms with E-state index in [1.807, 2.05) is 0 Å². The van der Waals surface area contributed by atoms with Crippen molar-refractivity contribution in [3.8, 4) is 0 Å². The lowest BCUT2D eigenvalue weighted by Crippen LogP contribution is -2.46. The fourth-order valence-corrected chi connectivity index (χ4v) is 3.96. The molecule has 0 aromatic heterocycles. The van der Waals surface area contributed by atoms with E-state index in [4.69, 9.17) is 0 Å². The van der Waals surface area contributed by atoms with Crippen molar-refractivity contribution < 1.29 is 13.2 Å². The van der Waals surface area contributed by atoms with Gasteiger partial charge in [-0.2, -0.15) is 0 Å². The number of amides is 1. The molecule has 7 nitrogen and oxygen atoms in total. The Balaban J connectivity index is 0.00000156. The van der Waals surface area contributed by atoms with Crippen LogP contribution >= 0.6 is 24.8 Å². The number of piperazine rings is 1. The first-order chi connectivity index (χ1) is 11.1. The highest BCUT2D eigenvalue weighted by atomic mass is 35.5. The van der Waals surface area contributed by atoms with Gasteiger partial charge in [0, 0.05) is 51.4 Å². The van der Waals surface area contributed by atoms with E-state index in [1.54, 1.807) is 12.1 Å². The number of hydrogen-bond acceptors (Lipinski definition) is 5. The van der Waals surface area contributed by atoms with Crippen LogP contribution < -0.4 is 15.4 Å². The van der Waals surface area contributed by atoms with Gasteiger partial charge >= 0.3 is 0 Å². The minimum absolute atomic E-state index is 0. The third-order valence-electron chi connectivity index (χ3n) is 4.25. The van der Waals surface area contributed by atoms with Gasteiger partial charge in [-0.3, -0.25) is 9.69 Å². The van der Waals surface area contributed by atoms with Gasteiger partial charge in [0.05, 0.1) is 4.90 Å². The maximum Gasteiger partial charge on any atom is 0.251 e. The van der Waals surface area contributed by atoms with Crippen molar-refractivity contribution >= 4 is 40.7 Å². The molecule has 0 atom stereocenters. The fourth-order valence-electron chi connectivity index (χ4n) is 2.91. The second-order valence-corrected chi connectivity index (χ2v) is 7.58. The van der Waals surface area contributed by atoms with E-state index in [0.717, 1.165) is 38.2 Å². The van der Waals surface area contributed by atoms with Crippen LogP contribution in [0.4, 0.5) is 0 Å². The van der Waals surface area contributed by atoms with Gasteiger partial charge < -0.3 is 10.6 Å². The zero-order valence-corrected chi connectivity index (χ0v) is 16.2. The summed E-state index contributed by atoms with van der Waals surface area (Å²) in [6.45, 7) is 5.39. The number of fused-ring (bicyclic) bond motifs is 1. The van der Waals surface area contributed by atoms with Crippen LogP contribution in [0, 0.1) is 0 Å². The Labute approximate surface area is 160 Å². The van der Waals surface area contributed by atoms with E-state index in [1.165, 1.54) is 6.07 Å². The Hall–Kier alpha value is -0.900. The predicted molar refractivity (Wildman–Crippen MR) is 101 cm³/mol. The molecule has 2 aliphatic rings. The average Bonchev–Trinajstić information content (AvgIpc) is 2.56. The van der Waals surface area contributed by atoms with Crippen molar-refractivity contribution in [3.05, 3.63) is 29.3 Å². The minimum atomic E-state index is -3.59. The topological polar surface area (TPSA) is 90.5 Å². The standard InChI is InChI=1S/C15H22N4O3S.2ClH/c20-15-14-11-13(2-1-12(14)3-4-17-15)23(21,22)18-7-10-19-8-5-16-6-9-19;;/h1-2,11,16,18H,3-10H2,(H,17,20);2*1H. The number of carbonyl (C=O) groups excluding carboxylic acids is 1. The smallest absolute Gasteiger partial charge is 0.251 e. The first-order valence-corrected chi connectivity index (χ1v) is 9.38. The molecule has 3 rings (SSSR count). The minimum Gasteiger partial charge on any atom is -0.352 e. The van der Waals surface area contributed by atoms with E-state index < -0.39 is 10.0 Å². The molecule has 25 heavy (non-hydrogen) atoms. The number of sulfonamides is 1. The Morgan fingerprint density at radius 3 is 2.56 bits per heavy atom. The van der Waals surface area contributed by atoms with Gasteiger partial charge in [-0.1, -0.05) is 6.07 Å². The van der Waals surface area contributed by atoms with Gasteiger partial charge in [-0.15, -0.1) is 24.8 Å². The van der Waals surface area contributed by atoms with Crippen molar-refractivity contribution in [1.82, 2.24) is 20.3 Å². The molecule has 2 heterocycles. The monoisotopic (exact) mass is 410 g/mol. The number of benzene rings is 1. The van der Waals surface area contributed by atoms with Crippen LogP contribution in [-0.4, -0.2) is 65.0 Å². The number of rotatable bonds is 5. The maximum absolute atomic E-state index is 12.4. The summed E-state index contributed by atoms with van der Waals surface area (Å²) in [5.74, 6) is -0.205. The normalized spacial score (nSPS) is 17.7. The van der Waals surface area contributed by atoms with Crippen molar-refractivity contribution in [3.63, 3.8) is 0 Å². The van der Waals surface area contributed by atoms with Crippen LogP contribution in [0.3, 0.4) is 0 Å². The average molecular weight is 411 g/mol. The second-order valence-electron chi connectivity index (χ2n) is 5.81. The van der Waals surface area contributed by atoms with Crippen LogP contribution in [0.1, 0.15) is 15.9 Å². The summed E-state index contributed by atoms with van der Waals surface area (Å²) in [6.07, 6.45) is 0.734. The Kier molecular flexibility index (Phi) is 8.59. The molecule has 1 fully saturated rings. The number of nitrogens with zero attached hydrogens (tertiary/aromatic N) is 1. The summed E-state index contributed by atoms with van der Waals surface area (Å²) in [5.41, 5.74) is 1.36. The Morgan fingerprint density at radius 1 is 1.12 bits per heavy atom. The summed E-state index contributed by atoms with van der Waals surface area (Å²) >= 11 is 0. The maximum atomic E-state index is 12.4. The SMILES string of the molecule is Cl.Cl.O=C1NCCc2ccc(S(=O)(=O)NCCN3CCNCC3)cc21. The van der Waals surface area contributed by atoms with Crippen molar-refractivity contribution in [2.24, 2.45) is 0 Å². The summed E-state index contributed by atoms with van der Waals surface area (Å²) in [6, 6.07) is 4.78. The molecule has 3 N–H and O–H groups in total. The van der Waals surface area contributed by atoms with Crippen LogP contribution in [0.15, 0.2) is 23.1 Å². The van der Waals surface area contributed by atoms with Gasteiger partial charge in [0.2, 0.25) is 10.0 Å². The van der Waals surface area contributed by atoms with E-state index in [2.05, 4.69) is 20.3 Å². The van der Waals surface area contributed by atoms with Crippen LogP contribution in [-0.2, 0) is 16.4 Å². The number of carbonyl (C=O) groups is 1. The zero-order chi connectivity index (χ0) is 16.3. The van der Waals surface area contributed by atoms with Crippen molar-refractivity contribution in [2.45, 2.75) is 11.3 Å². The highest BCUT2D eigenvalue weighted by molar-refractivity contribution is 7.89. The van der Waals surface area contributed by atoms with Crippen LogP contribution in [0.25, 0.3) is 0 Å². The molecule has 1 aromatic rings. The van der Waals surface area contributed by atoms with Crippen LogP contribution in [0.5, 0.6) is 0 Å². The molecule has 1 saturated heterocycles. The molecule has 0 aliphatic carbocycles. The first kappa shape index (κ1) is 22.1. The number of halogens is 2. The number of nitrogens with one attached hydrogen (secondary N) is 3. The highest BCUT2D eigenvalue weighted by Gasteiger charge is 2.21. The largest absolute Gasteiger partial charge is 0.352 e. The van der Waals surface area contributed by atoms with Crippen molar-refractivity contribution in [1.29, 1.82) is 0 Å². The molecular weight excluding hydrogens is 387 g/mol. The quantitative estimate of drug-likeness (QED) is 0.635. The Bertz CT molecular complexity index is 694. The highest BCUT2D eigenvalue weighted by Crippen LogP contribution is 2.19. The predicted octanol–water partition coefficient (Wildman–Crippen LogP) is -0.000400. The van der Waals surface area contributed by atoms with E-state index in [9.17, 15) is 13.2 Å². The molecule has 2 aliphatic heterocycles. The molecule has 0 saturated carbocycles. The molecule has 0 unspecified atom stereocenters. The molecule has 10 heteroatoms. The lowest BCUT2D eigenvalue weighted by Gasteiger charge is -2.27. The lowest BCUT2D eigenvalue weighted by molar-refractivity contribution is 0.0945. The molecular formula is C15H24Cl2N4O3S. The zero-order valence-electron chi connectivity index (χ0n) is 13.8. The summed E-state index contributed by atoms with van der Waals surface area (Å²) < 4.78 is 27.4. The first-order valence-electron chi connectivity index (χ1n) is 7.90. The van der Waals surface area contributed by atoms with Gasteiger partial charge in [0.25, 0.3) is 5.91 Å². The fraction of sp³-hybridized carbons (Fsp3) is 0.533. The third kappa shape index (κ3) is 5.54. The van der Waals surface area contributed by atoms with Gasteiger partial charge in [-0.05, 0) is 24.1 Å². The molecule has 0 spiro atoms. The summed E-state index contributed by atoms with van der Waals surface area (Å²) in [5, 5.41) is 6.00. The van der Waals surface area contributed by atoms with Gasteiger partial charge in [0.15, 0.2) is 0 Å². The Morgan fingerprint density at radius 2 is 1.84 bits per heavy atom. The second kappa shape index (κ2) is 9.70. The van der Waals surface area contributed by atoms with Gasteiger partial charge in [-0.25, -0.2) is 13.1 Å². The molecule has 142 valence electrons. The van der Waals surface area contributed by atoms with Crippen LogP contribution in [0.2, 0.25) is 0 Å². The molecule has 0 radical (unpaired) electrons. The van der Waals surface area contributed by atoms with E-state index in [-0.39, 0.29) is 35.6 Å². The van der Waals surface area contributed by atoms with E-state index in [0.29, 0.717) is 25.2 Å². The lowest BCUT2D eigenvalue weighted by atomic mass is 10.0. The number of hydrogen-bond donors (Lipinski definition) is 3. The van der Waals surface area contributed by atoms with E-state index >= 15 is 0 Å². The summed E-state index contributed by atoms with van der Waals surface area (Å²) in [7, 11) is -3.59. The molecule has 1 aromatic carbocycles. The van der Waals surface area contributed by atoms with Gasteiger partial charge in [0.1, 0.15) is 0 Å². The molecule has 0 bridgehead atoms. The molecule has 1 amide bonds.